The third-order valence-electron chi connectivity index (χ3n) is 2.72. The molecule has 4 heteroatoms. The molecule has 18 heavy (non-hydrogen) atoms. The molecule has 0 fully saturated rings. The molecule has 0 N–H and O–H groups in total. The van der Waals surface area contributed by atoms with Crippen LogP contribution in [0.15, 0.2) is 18.2 Å². The van der Waals surface area contributed by atoms with Crippen molar-refractivity contribution in [2.24, 2.45) is 5.92 Å². The van der Waals surface area contributed by atoms with Crippen LogP contribution >= 0.6 is 23.2 Å². The van der Waals surface area contributed by atoms with Gasteiger partial charge in [0.15, 0.2) is 0 Å². The Morgan fingerprint density at radius 2 is 2.00 bits per heavy atom. The number of aromatic nitrogens is 1. The second-order valence-electron chi connectivity index (χ2n) is 4.67. The number of hydrogen-bond acceptors (Lipinski definition) is 2. The SMILES string of the molecule is COc1ccc2c(Cl)cc(CC(C)C)nc2c1Cl. The van der Waals surface area contributed by atoms with E-state index in [0.717, 1.165) is 17.5 Å². The zero-order valence-electron chi connectivity index (χ0n) is 10.6. The van der Waals surface area contributed by atoms with Crippen molar-refractivity contribution >= 4 is 34.1 Å². The number of ether oxygens (including phenoxy) is 1. The molecule has 0 radical (unpaired) electrons. The van der Waals surface area contributed by atoms with E-state index in [2.05, 4.69) is 18.8 Å². The van der Waals surface area contributed by atoms with E-state index in [9.17, 15) is 0 Å². The van der Waals surface area contributed by atoms with E-state index in [1.807, 2.05) is 12.1 Å². The average molecular weight is 284 g/mol. The van der Waals surface area contributed by atoms with Gasteiger partial charge in [0.2, 0.25) is 0 Å². The molecule has 0 atom stereocenters. The van der Waals surface area contributed by atoms with Crippen LogP contribution in [0.25, 0.3) is 10.9 Å². The number of fused-ring (bicyclic) bond motifs is 1. The van der Waals surface area contributed by atoms with Crippen LogP contribution in [0, 0.1) is 5.92 Å². The molecule has 2 aromatic rings. The fourth-order valence-electron chi connectivity index (χ4n) is 1.93. The van der Waals surface area contributed by atoms with Gasteiger partial charge in [-0.15, -0.1) is 0 Å². The molecule has 96 valence electrons. The van der Waals surface area contributed by atoms with Crippen LogP contribution in [0.3, 0.4) is 0 Å². The van der Waals surface area contributed by atoms with Gasteiger partial charge in [0, 0.05) is 11.1 Å². The van der Waals surface area contributed by atoms with E-state index >= 15 is 0 Å². The molecule has 1 aromatic heterocycles. The van der Waals surface area contributed by atoms with Crippen LogP contribution in [0.5, 0.6) is 5.75 Å². The Kier molecular flexibility index (Phi) is 3.98. The third kappa shape index (κ3) is 2.55. The van der Waals surface area contributed by atoms with Crippen molar-refractivity contribution in [2.75, 3.05) is 7.11 Å². The normalized spacial score (nSPS) is 11.2. The second kappa shape index (κ2) is 5.33. The Bertz CT molecular complexity index is 582. The largest absolute Gasteiger partial charge is 0.495 e. The lowest BCUT2D eigenvalue weighted by Crippen LogP contribution is -1.98. The second-order valence-corrected chi connectivity index (χ2v) is 5.46. The summed E-state index contributed by atoms with van der Waals surface area (Å²) in [5.74, 6) is 1.14. The predicted octanol–water partition coefficient (Wildman–Crippen LogP) is 4.75. The van der Waals surface area contributed by atoms with Gasteiger partial charge in [0.1, 0.15) is 10.8 Å². The fraction of sp³-hybridized carbons (Fsp3) is 0.357. The molecular formula is C14H15Cl2NO. The van der Waals surface area contributed by atoms with Crippen LogP contribution in [0.4, 0.5) is 0 Å². The summed E-state index contributed by atoms with van der Waals surface area (Å²) >= 11 is 12.5. The Balaban J connectivity index is 2.64. The minimum atomic E-state index is 0.516. The zero-order valence-corrected chi connectivity index (χ0v) is 12.1. The van der Waals surface area contributed by atoms with Gasteiger partial charge in [-0.2, -0.15) is 0 Å². The van der Waals surface area contributed by atoms with Crippen molar-refractivity contribution in [3.63, 3.8) is 0 Å². The highest BCUT2D eigenvalue weighted by Crippen LogP contribution is 2.35. The van der Waals surface area contributed by atoms with Gasteiger partial charge < -0.3 is 4.74 Å². The van der Waals surface area contributed by atoms with Gasteiger partial charge in [0.25, 0.3) is 0 Å². The summed E-state index contributed by atoms with van der Waals surface area (Å²) in [6, 6.07) is 5.60. The standard InChI is InChI=1S/C14H15Cl2NO/c1-8(2)6-9-7-11(15)10-4-5-12(18-3)13(16)14(10)17-9/h4-5,7-8H,6H2,1-3H3. The first-order valence-corrected chi connectivity index (χ1v) is 6.60. The quantitative estimate of drug-likeness (QED) is 0.811. The van der Waals surface area contributed by atoms with Crippen LogP contribution in [-0.4, -0.2) is 12.1 Å². The molecule has 1 aromatic carbocycles. The van der Waals surface area contributed by atoms with E-state index in [4.69, 9.17) is 27.9 Å². The van der Waals surface area contributed by atoms with Crippen molar-refractivity contribution in [3.05, 3.63) is 33.9 Å². The molecule has 0 aliphatic heterocycles. The molecule has 0 aliphatic rings. The fourth-order valence-corrected chi connectivity index (χ4v) is 2.49. The van der Waals surface area contributed by atoms with E-state index in [1.54, 1.807) is 13.2 Å². The van der Waals surface area contributed by atoms with Crippen molar-refractivity contribution < 1.29 is 4.74 Å². The Morgan fingerprint density at radius 3 is 2.61 bits per heavy atom. The van der Waals surface area contributed by atoms with Gasteiger partial charge in [-0.3, -0.25) is 4.98 Å². The lowest BCUT2D eigenvalue weighted by atomic mass is 10.1. The number of hydrogen-bond donors (Lipinski definition) is 0. The van der Waals surface area contributed by atoms with Crippen molar-refractivity contribution in [1.29, 1.82) is 0 Å². The maximum atomic E-state index is 6.28. The van der Waals surface area contributed by atoms with E-state index in [1.165, 1.54) is 0 Å². The summed E-state index contributed by atoms with van der Waals surface area (Å²) in [5.41, 5.74) is 1.66. The number of pyridine rings is 1. The molecule has 0 spiro atoms. The summed E-state index contributed by atoms with van der Waals surface area (Å²) in [7, 11) is 1.59. The van der Waals surface area contributed by atoms with Gasteiger partial charge in [-0.05, 0) is 30.5 Å². The summed E-state index contributed by atoms with van der Waals surface area (Å²) in [4.78, 5) is 4.59. The summed E-state index contributed by atoms with van der Waals surface area (Å²) in [6.07, 6.45) is 0.878. The molecule has 2 rings (SSSR count). The first-order chi connectivity index (χ1) is 8.52. The van der Waals surface area contributed by atoms with Gasteiger partial charge in [-0.1, -0.05) is 37.0 Å². The van der Waals surface area contributed by atoms with Crippen LogP contribution in [0.1, 0.15) is 19.5 Å². The third-order valence-corrected chi connectivity index (χ3v) is 3.40. The van der Waals surface area contributed by atoms with Crippen molar-refractivity contribution in [2.45, 2.75) is 20.3 Å². The Labute approximate surface area is 117 Å². The Hall–Kier alpha value is -0.990. The lowest BCUT2D eigenvalue weighted by molar-refractivity contribution is 0.415. The number of nitrogens with zero attached hydrogens (tertiary/aromatic N) is 1. The smallest absolute Gasteiger partial charge is 0.139 e. The number of halogens is 2. The van der Waals surface area contributed by atoms with Crippen LogP contribution in [-0.2, 0) is 6.42 Å². The molecule has 2 nitrogen and oxygen atoms in total. The van der Waals surface area contributed by atoms with E-state index < -0.39 is 0 Å². The predicted molar refractivity (Wildman–Crippen MR) is 76.9 cm³/mol. The van der Waals surface area contributed by atoms with Gasteiger partial charge >= 0.3 is 0 Å². The topological polar surface area (TPSA) is 22.1 Å². The molecule has 1 heterocycles. The minimum absolute atomic E-state index is 0.516. The summed E-state index contributed by atoms with van der Waals surface area (Å²) in [5, 5.41) is 2.05. The zero-order chi connectivity index (χ0) is 13.3. The van der Waals surface area contributed by atoms with Gasteiger partial charge in [-0.25, -0.2) is 0 Å². The van der Waals surface area contributed by atoms with Crippen LogP contribution in [0.2, 0.25) is 10.0 Å². The maximum absolute atomic E-state index is 6.28. The Morgan fingerprint density at radius 1 is 1.28 bits per heavy atom. The van der Waals surface area contributed by atoms with Crippen LogP contribution < -0.4 is 4.74 Å². The highest BCUT2D eigenvalue weighted by molar-refractivity contribution is 6.40. The molecule has 0 amide bonds. The van der Waals surface area contributed by atoms with Crippen molar-refractivity contribution in [3.8, 4) is 5.75 Å². The molecule has 0 saturated carbocycles. The van der Waals surface area contributed by atoms with E-state index in [-0.39, 0.29) is 0 Å². The highest BCUT2D eigenvalue weighted by atomic mass is 35.5. The molecule has 0 saturated heterocycles. The summed E-state index contributed by atoms with van der Waals surface area (Å²) < 4.78 is 5.20. The first-order valence-electron chi connectivity index (χ1n) is 5.84. The van der Waals surface area contributed by atoms with Gasteiger partial charge in [0.05, 0.1) is 17.6 Å². The highest BCUT2D eigenvalue weighted by Gasteiger charge is 2.12. The molecule has 0 unspecified atom stereocenters. The number of methoxy groups -OCH3 is 1. The molecule has 0 aliphatic carbocycles. The average Bonchev–Trinajstić information content (AvgIpc) is 2.30. The first kappa shape index (κ1) is 13.4. The minimum Gasteiger partial charge on any atom is -0.495 e. The maximum Gasteiger partial charge on any atom is 0.139 e. The molecular weight excluding hydrogens is 269 g/mol. The lowest BCUT2D eigenvalue weighted by Gasteiger charge is -2.10. The summed E-state index contributed by atoms with van der Waals surface area (Å²) in [6.45, 7) is 4.29. The number of benzene rings is 1. The molecule has 0 bridgehead atoms. The van der Waals surface area contributed by atoms with E-state index in [0.29, 0.717) is 27.2 Å². The number of rotatable bonds is 3. The van der Waals surface area contributed by atoms with Crippen molar-refractivity contribution in [1.82, 2.24) is 4.98 Å². The monoisotopic (exact) mass is 283 g/mol.